The third-order valence-electron chi connectivity index (χ3n) is 3.08. The first kappa shape index (κ1) is 15.2. The Hall–Kier alpha value is -2.20. The van der Waals surface area contributed by atoms with Gasteiger partial charge in [-0.05, 0) is 36.8 Å². The second-order valence-electron chi connectivity index (χ2n) is 4.68. The molecule has 0 amide bonds. The monoisotopic (exact) mass is 305 g/mol. The number of halogens is 1. The average molecular weight is 306 g/mol. The molecule has 0 aliphatic rings. The van der Waals surface area contributed by atoms with Crippen LogP contribution in [-0.2, 0) is 11.3 Å². The highest BCUT2D eigenvalue weighted by atomic mass is 35.5. The molecular formula is C16H16ClNO3. The second-order valence-corrected chi connectivity index (χ2v) is 5.09. The predicted molar refractivity (Wildman–Crippen MR) is 83.0 cm³/mol. The molecule has 4 nitrogen and oxygen atoms in total. The number of ether oxygens (including phenoxy) is 1. The number of phenols is 1. The molecule has 110 valence electrons. The van der Waals surface area contributed by atoms with E-state index in [1.807, 2.05) is 19.1 Å². The normalized spacial score (nSPS) is 10.2. The van der Waals surface area contributed by atoms with Gasteiger partial charge in [0.15, 0.2) is 0 Å². The van der Waals surface area contributed by atoms with Crippen LogP contribution in [0.1, 0.15) is 21.5 Å². The fourth-order valence-corrected chi connectivity index (χ4v) is 2.15. The van der Waals surface area contributed by atoms with E-state index in [-0.39, 0.29) is 11.7 Å². The van der Waals surface area contributed by atoms with Crippen molar-refractivity contribution in [3.05, 3.63) is 58.1 Å². The predicted octanol–water partition coefficient (Wildman–Crippen LogP) is 3.75. The summed E-state index contributed by atoms with van der Waals surface area (Å²) in [5.41, 5.74) is 3.06. The number of esters is 1. The molecule has 0 bridgehead atoms. The van der Waals surface area contributed by atoms with Crippen molar-refractivity contribution in [1.82, 2.24) is 0 Å². The number of phenolic OH excluding ortho intramolecular Hbond substituents is 1. The Morgan fingerprint density at radius 1 is 1.29 bits per heavy atom. The molecule has 2 aromatic rings. The lowest BCUT2D eigenvalue weighted by Crippen LogP contribution is -2.08. The summed E-state index contributed by atoms with van der Waals surface area (Å²) < 4.78 is 4.79. The molecule has 0 unspecified atom stereocenters. The highest BCUT2D eigenvalue weighted by Gasteiger charge is 2.12. The fraction of sp³-hybridized carbons (Fsp3) is 0.188. The number of carbonyl (C=O) groups excluding carboxylic acids is 1. The lowest BCUT2D eigenvalue weighted by molar-refractivity contribution is 0.0601. The van der Waals surface area contributed by atoms with Gasteiger partial charge in [0.05, 0.1) is 17.7 Å². The zero-order valence-electron chi connectivity index (χ0n) is 11.8. The largest absolute Gasteiger partial charge is 0.506 e. The molecule has 0 aliphatic heterocycles. The van der Waals surface area contributed by atoms with Gasteiger partial charge in [-0.1, -0.05) is 29.3 Å². The van der Waals surface area contributed by atoms with Crippen molar-refractivity contribution in [1.29, 1.82) is 0 Å². The molecule has 0 heterocycles. The molecule has 2 rings (SSSR count). The SMILES string of the molecule is COC(=O)c1cc(C)ccc1NCc1ccc(O)c(Cl)c1. The molecule has 0 atom stereocenters. The van der Waals surface area contributed by atoms with Crippen molar-refractivity contribution in [2.24, 2.45) is 0 Å². The number of rotatable bonds is 4. The second kappa shape index (κ2) is 6.50. The molecular weight excluding hydrogens is 290 g/mol. The Labute approximate surface area is 128 Å². The number of methoxy groups -OCH3 is 1. The number of benzene rings is 2. The molecule has 0 saturated heterocycles. The van der Waals surface area contributed by atoms with E-state index < -0.39 is 0 Å². The maximum Gasteiger partial charge on any atom is 0.339 e. The van der Waals surface area contributed by atoms with Crippen LogP contribution in [0.5, 0.6) is 5.75 Å². The van der Waals surface area contributed by atoms with Crippen LogP contribution in [0.25, 0.3) is 0 Å². The molecule has 2 N–H and O–H groups in total. The van der Waals surface area contributed by atoms with E-state index >= 15 is 0 Å². The van der Waals surface area contributed by atoms with Gasteiger partial charge in [0.2, 0.25) is 0 Å². The van der Waals surface area contributed by atoms with Crippen LogP contribution in [0.3, 0.4) is 0 Å². The summed E-state index contributed by atoms with van der Waals surface area (Å²) in [6.07, 6.45) is 0. The average Bonchev–Trinajstić information content (AvgIpc) is 2.48. The van der Waals surface area contributed by atoms with Gasteiger partial charge in [-0.15, -0.1) is 0 Å². The third kappa shape index (κ3) is 3.67. The molecule has 0 spiro atoms. The van der Waals surface area contributed by atoms with Gasteiger partial charge in [-0.2, -0.15) is 0 Å². The number of carbonyl (C=O) groups is 1. The number of aromatic hydroxyl groups is 1. The Balaban J connectivity index is 2.19. The lowest BCUT2D eigenvalue weighted by atomic mass is 10.1. The molecule has 0 aliphatic carbocycles. The summed E-state index contributed by atoms with van der Waals surface area (Å²) in [7, 11) is 1.36. The minimum Gasteiger partial charge on any atom is -0.506 e. The van der Waals surface area contributed by atoms with Gasteiger partial charge < -0.3 is 15.2 Å². The Morgan fingerprint density at radius 2 is 2.05 bits per heavy atom. The van der Waals surface area contributed by atoms with Crippen LogP contribution >= 0.6 is 11.6 Å². The van der Waals surface area contributed by atoms with Crippen molar-refractivity contribution in [3.63, 3.8) is 0 Å². The first-order valence-electron chi connectivity index (χ1n) is 6.41. The molecule has 0 fully saturated rings. The first-order chi connectivity index (χ1) is 10.0. The third-order valence-corrected chi connectivity index (χ3v) is 3.38. The minimum atomic E-state index is -0.384. The van der Waals surface area contributed by atoms with Gasteiger partial charge in [-0.25, -0.2) is 4.79 Å². The minimum absolute atomic E-state index is 0.0472. The number of hydrogen-bond donors (Lipinski definition) is 2. The molecule has 0 aromatic heterocycles. The van der Waals surface area contributed by atoms with E-state index in [4.69, 9.17) is 16.3 Å². The molecule has 21 heavy (non-hydrogen) atoms. The van der Waals surface area contributed by atoms with Crippen LogP contribution in [0.2, 0.25) is 5.02 Å². The lowest BCUT2D eigenvalue weighted by Gasteiger charge is -2.12. The van der Waals surface area contributed by atoms with E-state index in [1.54, 1.807) is 18.2 Å². The van der Waals surface area contributed by atoms with Crippen molar-refractivity contribution in [3.8, 4) is 5.75 Å². The van der Waals surface area contributed by atoms with Crippen LogP contribution in [0.15, 0.2) is 36.4 Å². The van der Waals surface area contributed by atoms with Gasteiger partial charge in [-0.3, -0.25) is 0 Å². The Kier molecular flexibility index (Phi) is 4.70. The molecule has 2 aromatic carbocycles. The Morgan fingerprint density at radius 3 is 2.71 bits per heavy atom. The van der Waals surface area contributed by atoms with Crippen LogP contribution in [0.4, 0.5) is 5.69 Å². The summed E-state index contributed by atoms with van der Waals surface area (Å²) >= 11 is 5.87. The molecule has 0 saturated carbocycles. The van der Waals surface area contributed by atoms with Gasteiger partial charge >= 0.3 is 5.97 Å². The van der Waals surface area contributed by atoms with Gasteiger partial charge in [0.1, 0.15) is 5.75 Å². The van der Waals surface area contributed by atoms with Gasteiger partial charge in [0.25, 0.3) is 0 Å². The van der Waals surface area contributed by atoms with E-state index in [9.17, 15) is 9.90 Å². The topological polar surface area (TPSA) is 58.6 Å². The highest BCUT2D eigenvalue weighted by molar-refractivity contribution is 6.32. The summed E-state index contributed by atoms with van der Waals surface area (Å²) in [6.45, 7) is 2.39. The Bertz CT molecular complexity index is 671. The standard InChI is InChI=1S/C16H16ClNO3/c1-10-3-5-14(12(7-10)16(20)21-2)18-9-11-4-6-15(19)13(17)8-11/h3-8,18-19H,9H2,1-2H3. The van der Waals surface area contributed by atoms with E-state index in [1.165, 1.54) is 13.2 Å². The van der Waals surface area contributed by atoms with E-state index in [2.05, 4.69) is 5.32 Å². The maximum atomic E-state index is 11.8. The smallest absolute Gasteiger partial charge is 0.339 e. The highest BCUT2D eigenvalue weighted by Crippen LogP contribution is 2.25. The number of nitrogens with one attached hydrogen (secondary N) is 1. The summed E-state index contributed by atoms with van der Waals surface area (Å²) in [5.74, 6) is -0.337. The van der Waals surface area contributed by atoms with Gasteiger partial charge in [0, 0.05) is 12.2 Å². The van der Waals surface area contributed by atoms with Crippen molar-refractivity contribution in [2.75, 3.05) is 12.4 Å². The number of hydrogen-bond acceptors (Lipinski definition) is 4. The summed E-state index contributed by atoms with van der Waals surface area (Å²) in [6, 6.07) is 10.5. The van der Waals surface area contributed by atoms with Crippen molar-refractivity contribution < 1.29 is 14.6 Å². The zero-order valence-corrected chi connectivity index (χ0v) is 12.6. The van der Waals surface area contributed by atoms with E-state index in [0.717, 1.165) is 11.1 Å². The zero-order chi connectivity index (χ0) is 15.4. The summed E-state index contributed by atoms with van der Waals surface area (Å²) in [4.78, 5) is 11.8. The quantitative estimate of drug-likeness (QED) is 0.845. The molecule has 0 radical (unpaired) electrons. The van der Waals surface area contributed by atoms with E-state index in [0.29, 0.717) is 22.8 Å². The van der Waals surface area contributed by atoms with Crippen LogP contribution in [-0.4, -0.2) is 18.2 Å². The summed E-state index contributed by atoms with van der Waals surface area (Å²) in [5, 5.41) is 12.9. The van der Waals surface area contributed by atoms with Crippen molar-refractivity contribution in [2.45, 2.75) is 13.5 Å². The fourth-order valence-electron chi connectivity index (χ4n) is 1.95. The number of aryl methyl sites for hydroxylation is 1. The van der Waals surface area contributed by atoms with Crippen molar-refractivity contribution >= 4 is 23.3 Å². The first-order valence-corrected chi connectivity index (χ1v) is 6.79. The maximum absolute atomic E-state index is 11.8. The van der Waals surface area contributed by atoms with Crippen LogP contribution in [0, 0.1) is 6.92 Å². The van der Waals surface area contributed by atoms with Crippen LogP contribution < -0.4 is 5.32 Å². The molecule has 5 heteroatoms. The number of anilines is 1.